The van der Waals surface area contributed by atoms with Crippen LogP contribution in [0.2, 0.25) is 0 Å². The predicted octanol–water partition coefficient (Wildman–Crippen LogP) is 3.68. The van der Waals surface area contributed by atoms with E-state index in [0.717, 1.165) is 19.0 Å². The van der Waals surface area contributed by atoms with Crippen molar-refractivity contribution in [2.24, 2.45) is 0 Å². The van der Waals surface area contributed by atoms with Crippen LogP contribution in [0.25, 0.3) is 0 Å². The van der Waals surface area contributed by atoms with Gasteiger partial charge in [0.2, 0.25) is 0 Å². The van der Waals surface area contributed by atoms with Crippen LogP contribution in [-0.2, 0) is 19.1 Å². The van der Waals surface area contributed by atoms with E-state index in [1.165, 1.54) is 23.3 Å². The molecular formula is C18H19F3N2. The van der Waals surface area contributed by atoms with Crippen LogP contribution in [0.1, 0.15) is 28.3 Å². The average molecular weight is 320 g/mol. The van der Waals surface area contributed by atoms with Gasteiger partial charge in [0, 0.05) is 19.1 Å². The van der Waals surface area contributed by atoms with Gasteiger partial charge in [-0.15, -0.1) is 0 Å². The van der Waals surface area contributed by atoms with E-state index in [1.807, 2.05) is 12.1 Å². The van der Waals surface area contributed by atoms with Gasteiger partial charge in [0.15, 0.2) is 0 Å². The first-order chi connectivity index (χ1) is 11.1. The van der Waals surface area contributed by atoms with Crippen LogP contribution >= 0.6 is 0 Å². The maximum atomic E-state index is 13.0. The molecule has 0 fully saturated rings. The first kappa shape index (κ1) is 16.0. The van der Waals surface area contributed by atoms with E-state index < -0.39 is 11.7 Å². The second-order valence-corrected chi connectivity index (χ2v) is 5.74. The van der Waals surface area contributed by atoms with E-state index in [2.05, 4.69) is 22.8 Å². The maximum Gasteiger partial charge on any atom is 0.416 e. The summed E-state index contributed by atoms with van der Waals surface area (Å²) in [5.74, 6) is 0. The van der Waals surface area contributed by atoms with Crippen molar-refractivity contribution in [2.45, 2.75) is 25.2 Å². The predicted molar refractivity (Wildman–Crippen MR) is 84.0 cm³/mol. The maximum absolute atomic E-state index is 13.0. The van der Waals surface area contributed by atoms with Gasteiger partial charge >= 0.3 is 6.18 Å². The zero-order valence-corrected chi connectivity index (χ0v) is 12.7. The third-order valence-corrected chi connectivity index (χ3v) is 4.20. The summed E-state index contributed by atoms with van der Waals surface area (Å²) in [7, 11) is 0. The summed E-state index contributed by atoms with van der Waals surface area (Å²) < 4.78 is 39.0. The van der Waals surface area contributed by atoms with Gasteiger partial charge in [-0.1, -0.05) is 42.5 Å². The Balaban J connectivity index is 1.65. The molecule has 3 rings (SSSR count). The molecule has 23 heavy (non-hydrogen) atoms. The smallest absolute Gasteiger partial charge is 0.311 e. The highest BCUT2D eigenvalue weighted by Gasteiger charge is 2.32. The molecule has 2 aromatic rings. The topological polar surface area (TPSA) is 24.1 Å². The van der Waals surface area contributed by atoms with Crippen molar-refractivity contribution in [1.82, 2.24) is 10.6 Å². The monoisotopic (exact) mass is 320 g/mol. The first-order valence-corrected chi connectivity index (χ1v) is 7.73. The molecule has 1 aliphatic heterocycles. The molecule has 0 aromatic heterocycles. The fourth-order valence-electron chi connectivity index (χ4n) is 3.08. The molecule has 0 aliphatic carbocycles. The van der Waals surface area contributed by atoms with Crippen molar-refractivity contribution in [3.8, 4) is 0 Å². The molecule has 5 heteroatoms. The molecule has 2 N–H and O–H groups in total. The number of alkyl halides is 3. The lowest BCUT2D eigenvalue weighted by Gasteiger charge is -2.27. The minimum Gasteiger partial charge on any atom is -0.311 e. The molecule has 0 amide bonds. The standard InChI is InChI=1S/C18H19F3N2/c19-18(20,21)16-8-4-2-6-14(16)11-22-12-17-15-7-3-1-5-13(15)9-10-23-17/h1-8,17,22-23H,9-12H2. The van der Waals surface area contributed by atoms with E-state index in [-0.39, 0.29) is 18.2 Å². The molecule has 0 spiro atoms. The average Bonchev–Trinajstić information content (AvgIpc) is 2.55. The molecule has 0 radical (unpaired) electrons. The van der Waals surface area contributed by atoms with Crippen LogP contribution < -0.4 is 10.6 Å². The molecule has 0 bridgehead atoms. The van der Waals surface area contributed by atoms with Gasteiger partial charge in [0.05, 0.1) is 5.56 Å². The quantitative estimate of drug-likeness (QED) is 0.898. The van der Waals surface area contributed by atoms with E-state index in [0.29, 0.717) is 6.54 Å². The van der Waals surface area contributed by atoms with Gasteiger partial charge in [-0.2, -0.15) is 13.2 Å². The van der Waals surface area contributed by atoms with Crippen molar-refractivity contribution in [3.05, 3.63) is 70.8 Å². The zero-order chi connectivity index (χ0) is 16.3. The summed E-state index contributed by atoms with van der Waals surface area (Å²) in [6.07, 6.45) is -3.32. The summed E-state index contributed by atoms with van der Waals surface area (Å²) >= 11 is 0. The van der Waals surface area contributed by atoms with Crippen molar-refractivity contribution in [1.29, 1.82) is 0 Å². The minimum atomic E-state index is -4.31. The van der Waals surface area contributed by atoms with Crippen molar-refractivity contribution < 1.29 is 13.2 Å². The number of hydrogen-bond acceptors (Lipinski definition) is 2. The van der Waals surface area contributed by atoms with Crippen molar-refractivity contribution >= 4 is 0 Å². The van der Waals surface area contributed by atoms with Crippen LogP contribution in [0.5, 0.6) is 0 Å². The van der Waals surface area contributed by atoms with Gasteiger partial charge < -0.3 is 10.6 Å². The van der Waals surface area contributed by atoms with Gasteiger partial charge in [-0.3, -0.25) is 0 Å². The first-order valence-electron chi connectivity index (χ1n) is 7.73. The number of benzene rings is 2. The Morgan fingerprint density at radius 1 is 1.04 bits per heavy atom. The Morgan fingerprint density at radius 2 is 1.78 bits per heavy atom. The fourth-order valence-corrected chi connectivity index (χ4v) is 3.08. The summed E-state index contributed by atoms with van der Waals surface area (Å²) in [6, 6.07) is 14.1. The second-order valence-electron chi connectivity index (χ2n) is 5.74. The Morgan fingerprint density at radius 3 is 2.61 bits per heavy atom. The van der Waals surface area contributed by atoms with Crippen LogP contribution in [0.4, 0.5) is 13.2 Å². The summed E-state index contributed by atoms with van der Waals surface area (Å²) in [5, 5.41) is 6.58. The lowest BCUT2D eigenvalue weighted by Crippen LogP contribution is -2.36. The van der Waals surface area contributed by atoms with Gasteiger partial charge in [0.25, 0.3) is 0 Å². The number of halogens is 3. The SMILES string of the molecule is FC(F)(F)c1ccccc1CNCC1NCCc2ccccc21. The molecule has 0 saturated heterocycles. The lowest BCUT2D eigenvalue weighted by atomic mass is 9.94. The van der Waals surface area contributed by atoms with Crippen molar-refractivity contribution in [2.75, 3.05) is 13.1 Å². The number of hydrogen-bond donors (Lipinski definition) is 2. The highest BCUT2D eigenvalue weighted by atomic mass is 19.4. The van der Waals surface area contributed by atoms with Crippen LogP contribution in [-0.4, -0.2) is 13.1 Å². The summed E-state index contributed by atoms with van der Waals surface area (Å²) in [6.45, 7) is 1.70. The van der Waals surface area contributed by atoms with Gasteiger partial charge in [-0.05, 0) is 35.7 Å². The third kappa shape index (κ3) is 3.74. The minimum absolute atomic E-state index is 0.137. The Bertz CT molecular complexity index is 667. The number of fused-ring (bicyclic) bond motifs is 1. The molecular weight excluding hydrogens is 301 g/mol. The third-order valence-electron chi connectivity index (χ3n) is 4.20. The zero-order valence-electron chi connectivity index (χ0n) is 12.7. The van der Waals surface area contributed by atoms with E-state index in [1.54, 1.807) is 6.07 Å². The van der Waals surface area contributed by atoms with E-state index in [4.69, 9.17) is 0 Å². The molecule has 1 atom stereocenters. The Hall–Kier alpha value is -1.85. The van der Waals surface area contributed by atoms with Gasteiger partial charge in [0.1, 0.15) is 0 Å². The van der Waals surface area contributed by atoms with Gasteiger partial charge in [-0.25, -0.2) is 0 Å². The molecule has 1 aliphatic rings. The van der Waals surface area contributed by atoms with Crippen LogP contribution in [0, 0.1) is 0 Å². The van der Waals surface area contributed by atoms with Crippen LogP contribution in [0.3, 0.4) is 0 Å². The normalized spacial score (nSPS) is 17.8. The molecule has 1 unspecified atom stereocenters. The van der Waals surface area contributed by atoms with Crippen molar-refractivity contribution in [3.63, 3.8) is 0 Å². The van der Waals surface area contributed by atoms with E-state index in [9.17, 15) is 13.2 Å². The Labute approximate surface area is 133 Å². The fraction of sp³-hybridized carbons (Fsp3) is 0.333. The molecule has 2 nitrogen and oxygen atoms in total. The number of rotatable bonds is 4. The molecule has 0 saturated carbocycles. The molecule has 122 valence electrons. The summed E-state index contributed by atoms with van der Waals surface area (Å²) in [4.78, 5) is 0. The largest absolute Gasteiger partial charge is 0.416 e. The van der Waals surface area contributed by atoms with E-state index >= 15 is 0 Å². The van der Waals surface area contributed by atoms with Crippen LogP contribution in [0.15, 0.2) is 48.5 Å². The Kier molecular flexibility index (Phi) is 4.68. The highest BCUT2D eigenvalue weighted by Crippen LogP contribution is 2.31. The lowest BCUT2D eigenvalue weighted by molar-refractivity contribution is -0.138. The summed E-state index contributed by atoms with van der Waals surface area (Å²) in [5.41, 5.74) is 2.26. The number of nitrogens with one attached hydrogen (secondary N) is 2. The molecule has 2 aromatic carbocycles. The highest BCUT2D eigenvalue weighted by molar-refractivity contribution is 5.33. The molecule has 1 heterocycles. The second kappa shape index (κ2) is 6.72.